The van der Waals surface area contributed by atoms with Gasteiger partial charge < -0.3 is 37.9 Å². The van der Waals surface area contributed by atoms with E-state index in [4.69, 9.17) is 37.9 Å². The van der Waals surface area contributed by atoms with Gasteiger partial charge in [-0.2, -0.15) is 0 Å². The molecule has 3 aliphatic rings. The average molecular weight is 577 g/mol. The highest BCUT2D eigenvalue weighted by Crippen LogP contribution is 2.55. The molecule has 0 bridgehead atoms. The number of cyclic esters (lactones) is 1. The average Bonchev–Trinajstić information content (AvgIpc) is 3.61. The molecule has 218 valence electrons. The molecule has 0 N–H and O–H groups in total. The van der Waals surface area contributed by atoms with Crippen molar-refractivity contribution in [3.05, 3.63) is 59.2 Å². The number of esters is 3. The molecule has 6 rings (SSSR count). The number of fused-ring (bicyclic) bond motifs is 3. The van der Waals surface area contributed by atoms with Crippen LogP contribution in [-0.2, 0) is 25.5 Å². The molecule has 0 unspecified atom stereocenters. The fraction of sp³-hybridized carbons (Fsp3) is 0.323. The molecule has 1 aliphatic carbocycles. The third-order valence-electron chi connectivity index (χ3n) is 7.71. The van der Waals surface area contributed by atoms with E-state index in [1.165, 1.54) is 40.4 Å². The number of rotatable bonds is 7. The molecule has 3 atom stereocenters. The van der Waals surface area contributed by atoms with Crippen LogP contribution in [0.3, 0.4) is 0 Å². The minimum Gasteiger partial charge on any atom is -0.493 e. The molecule has 2 aliphatic heterocycles. The fourth-order valence-electron chi connectivity index (χ4n) is 5.87. The molecule has 0 spiro atoms. The second kappa shape index (κ2) is 10.8. The van der Waals surface area contributed by atoms with Crippen LogP contribution in [0.5, 0.6) is 34.5 Å². The first-order chi connectivity index (χ1) is 20.3. The highest BCUT2D eigenvalue weighted by molar-refractivity contribution is 5.94. The Kier molecular flexibility index (Phi) is 7.01. The van der Waals surface area contributed by atoms with E-state index in [-0.39, 0.29) is 30.7 Å². The van der Waals surface area contributed by atoms with Crippen LogP contribution in [0.15, 0.2) is 42.5 Å². The van der Waals surface area contributed by atoms with Gasteiger partial charge >= 0.3 is 17.9 Å². The van der Waals surface area contributed by atoms with Gasteiger partial charge in [0.15, 0.2) is 23.0 Å². The molecule has 0 saturated carbocycles. The Bertz CT molecular complexity index is 1570. The summed E-state index contributed by atoms with van der Waals surface area (Å²) in [5.41, 5.74) is 2.78. The van der Waals surface area contributed by atoms with Gasteiger partial charge in [-0.25, -0.2) is 4.79 Å². The van der Waals surface area contributed by atoms with Gasteiger partial charge in [-0.1, -0.05) is 12.1 Å². The second-order valence-electron chi connectivity index (χ2n) is 9.99. The third kappa shape index (κ3) is 4.50. The van der Waals surface area contributed by atoms with Crippen LogP contribution < -0.4 is 28.4 Å². The normalized spacial score (nSPS) is 19.7. The van der Waals surface area contributed by atoms with E-state index in [1.54, 1.807) is 30.3 Å². The minimum absolute atomic E-state index is 0.00916. The molecule has 11 heteroatoms. The first kappa shape index (κ1) is 27.3. The van der Waals surface area contributed by atoms with Gasteiger partial charge in [0.05, 0.1) is 33.9 Å². The van der Waals surface area contributed by atoms with Crippen molar-refractivity contribution in [2.75, 3.05) is 34.7 Å². The van der Waals surface area contributed by atoms with Crippen LogP contribution >= 0.6 is 0 Å². The lowest BCUT2D eigenvalue weighted by molar-refractivity contribution is -0.141. The SMILES string of the molecule is COc1cc(-c2c3c(cc4c2OCO4)[C@H](OC(=O)c2ccccc2OC(C)=O)[C@H]2COC(=O)[C@@H]2C3)cc(OC)c1OC. The van der Waals surface area contributed by atoms with Crippen molar-refractivity contribution in [3.63, 3.8) is 0 Å². The van der Waals surface area contributed by atoms with Gasteiger partial charge in [-0.15, -0.1) is 0 Å². The third-order valence-corrected chi connectivity index (χ3v) is 7.71. The summed E-state index contributed by atoms with van der Waals surface area (Å²) in [7, 11) is 4.56. The van der Waals surface area contributed by atoms with Crippen molar-refractivity contribution < 1.29 is 52.3 Å². The van der Waals surface area contributed by atoms with Gasteiger partial charge in [-0.3, -0.25) is 9.59 Å². The number of methoxy groups -OCH3 is 3. The Balaban J connectivity index is 1.51. The van der Waals surface area contributed by atoms with Crippen LogP contribution in [0.1, 0.15) is 34.5 Å². The number of hydrogen-bond donors (Lipinski definition) is 0. The highest BCUT2D eigenvalue weighted by atomic mass is 16.7. The van der Waals surface area contributed by atoms with E-state index >= 15 is 0 Å². The molecule has 1 fully saturated rings. The van der Waals surface area contributed by atoms with E-state index in [1.807, 2.05) is 0 Å². The Hall–Kier alpha value is -4.93. The molecular formula is C31H28O11. The molecule has 0 aromatic heterocycles. The van der Waals surface area contributed by atoms with Crippen LogP contribution in [0.25, 0.3) is 11.1 Å². The number of hydrogen-bond acceptors (Lipinski definition) is 11. The Morgan fingerprint density at radius 3 is 2.33 bits per heavy atom. The van der Waals surface area contributed by atoms with Crippen molar-refractivity contribution >= 4 is 17.9 Å². The molecular weight excluding hydrogens is 548 g/mol. The van der Waals surface area contributed by atoms with Crippen LogP contribution in [0.4, 0.5) is 0 Å². The first-order valence-electron chi connectivity index (χ1n) is 13.2. The summed E-state index contributed by atoms with van der Waals surface area (Å²) >= 11 is 0. The van der Waals surface area contributed by atoms with E-state index in [9.17, 15) is 14.4 Å². The van der Waals surface area contributed by atoms with Gasteiger partial charge in [0, 0.05) is 24.0 Å². The summed E-state index contributed by atoms with van der Waals surface area (Å²) in [6.45, 7) is 1.32. The lowest BCUT2D eigenvalue weighted by Gasteiger charge is -2.34. The molecule has 2 heterocycles. The van der Waals surface area contributed by atoms with E-state index in [0.717, 1.165) is 5.56 Å². The number of ether oxygens (including phenoxy) is 8. The molecule has 3 aromatic rings. The largest absolute Gasteiger partial charge is 0.493 e. The number of benzene rings is 3. The molecule has 11 nitrogen and oxygen atoms in total. The molecule has 42 heavy (non-hydrogen) atoms. The Morgan fingerprint density at radius 2 is 1.64 bits per heavy atom. The number of para-hydroxylation sites is 1. The summed E-state index contributed by atoms with van der Waals surface area (Å²) in [6, 6.07) is 11.7. The Morgan fingerprint density at radius 1 is 0.905 bits per heavy atom. The summed E-state index contributed by atoms with van der Waals surface area (Å²) in [4.78, 5) is 38.2. The van der Waals surface area contributed by atoms with Gasteiger partial charge in [-0.05, 0) is 47.9 Å². The van der Waals surface area contributed by atoms with E-state index in [2.05, 4.69) is 0 Å². The predicted octanol–water partition coefficient (Wildman–Crippen LogP) is 4.28. The molecule has 3 aromatic carbocycles. The maximum absolute atomic E-state index is 13.6. The smallest absolute Gasteiger partial charge is 0.342 e. The quantitative estimate of drug-likeness (QED) is 0.296. The summed E-state index contributed by atoms with van der Waals surface area (Å²) in [5, 5.41) is 0. The van der Waals surface area contributed by atoms with E-state index < -0.39 is 29.9 Å². The summed E-state index contributed by atoms with van der Waals surface area (Å²) in [6.07, 6.45) is -0.558. The maximum Gasteiger partial charge on any atom is 0.342 e. The minimum atomic E-state index is -0.877. The number of carbonyl (C=O) groups excluding carboxylic acids is 3. The van der Waals surface area contributed by atoms with Gasteiger partial charge in [0.25, 0.3) is 0 Å². The molecule has 0 radical (unpaired) electrons. The van der Waals surface area contributed by atoms with Crippen LogP contribution in [-0.4, -0.2) is 52.6 Å². The van der Waals surface area contributed by atoms with Crippen molar-refractivity contribution in [2.45, 2.75) is 19.4 Å². The monoisotopic (exact) mass is 576 g/mol. The maximum atomic E-state index is 13.6. The molecule has 0 amide bonds. The lowest BCUT2D eigenvalue weighted by Crippen LogP contribution is -2.33. The topological polar surface area (TPSA) is 125 Å². The van der Waals surface area contributed by atoms with Crippen molar-refractivity contribution in [3.8, 4) is 45.6 Å². The lowest BCUT2D eigenvalue weighted by atomic mass is 9.73. The number of carbonyl (C=O) groups is 3. The van der Waals surface area contributed by atoms with Crippen molar-refractivity contribution in [1.29, 1.82) is 0 Å². The zero-order valence-electron chi connectivity index (χ0n) is 23.4. The van der Waals surface area contributed by atoms with E-state index in [0.29, 0.717) is 51.9 Å². The summed E-state index contributed by atoms with van der Waals surface area (Å²) in [5.74, 6) is -0.382. The second-order valence-corrected chi connectivity index (χ2v) is 9.99. The highest BCUT2D eigenvalue weighted by Gasteiger charge is 2.50. The summed E-state index contributed by atoms with van der Waals surface area (Å²) < 4.78 is 45.3. The fourth-order valence-corrected chi connectivity index (χ4v) is 5.87. The van der Waals surface area contributed by atoms with Crippen LogP contribution in [0, 0.1) is 11.8 Å². The zero-order valence-corrected chi connectivity index (χ0v) is 23.4. The van der Waals surface area contributed by atoms with Crippen molar-refractivity contribution in [1.82, 2.24) is 0 Å². The standard InChI is InChI=1S/C31H28O11/c1-15(32)41-22-8-6-5-7-17(22)31(34)42-27-19-12-25-29(40-14-39-25)26(18(19)11-20-21(27)13-38-30(20)33)16-9-23(35-2)28(37-4)24(10-16)36-3/h5-10,12,20-21,27H,11,13-14H2,1-4H3/t20-,21+,27+/m1/s1. The predicted molar refractivity (Wildman–Crippen MR) is 145 cm³/mol. The Labute approximate surface area is 241 Å². The van der Waals surface area contributed by atoms with Crippen LogP contribution in [0.2, 0.25) is 0 Å². The van der Waals surface area contributed by atoms with Crippen molar-refractivity contribution in [2.24, 2.45) is 11.8 Å². The van der Waals surface area contributed by atoms with Gasteiger partial charge in [0.2, 0.25) is 12.5 Å². The van der Waals surface area contributed by atoms with Gasteiger partial charge in [0.1, 0.15) is 17.4 Å². The zero-order chi connectivity index (χ0) is 29.5. The molecule has 1 saturated heterocycles. The first-order valence-corrected chi connectivity index (χ1v) is 13.2.